The second-order valence-electron chi connectivity index (χ2n) is 5.35. The smallest absolute Gasteiger partial charge is 0.141 e. The minimum Gasteiger partial charge on any atom is -0.506 e. The lowest BCUT2D eigenvalue weighted by Gasteiger charge is -2.12. The summed E-state index contributed by atoms with van der Waals surface area (Å²) in [4.78, 5) is 4.04. The van der Waals surface area contributed by atoms with Crippen LogP contribution in [0.4, 0.5) is 0 Å². The van der Waals surface area contributed by atoms with E-state index in [4.69, 9.17) is 4.74 Å². The van der Waals surface area contributed by atoms with E-state index >= 15 is 0 Å². The molecule has 0 aliphatic carbocycles. The molecule has 0 aliphatic rings. The highest BCUT2D eigenvalue weighted by atomic mass is 16.5. The molecule has 20 heavy (non-hydrogen) atoms. The van der Waals surface area contributed by atoms with Gasteiger partial charge < -0.3 is 20.3 Å². The van der Waals surface area contributed by atoms with E-state index < -0.39 is 0 Å². The number of rotatable bonds is 9. The van der Waals surface area contributed by atoms with Gasteiger partial charge in [0.25, 0.3) is 0 Å². The molecular weight excluding hydrogens is 256 g/mol. The number of nitrogens with zero attached hydrogens (tertiary/aromatic N) is 1. The fourth-order valence-electron chi connectivity index (χ4n) is 1.85. The van der Waals surface area contributed by atoms with Crippen LogP contribution in [0.15, 0.2) is 6.20 Å². The molecule has 1 aromatic heterocycles. The predicted molar refractivity (Wildman–Crippen MR) is 78.5 cm³/mol. The van der Waals surface area contributed by atoms with Crippen LogP contribution < -0.4 is 5.32 Å². The first-order chi connectivity index (χ1) is 9.56. The Bertz CT molecular complexity index is 408. The maximum Gasteiger partial charge on any atom is 0.141 e. The standard InChI is InChI=1S/C15H26N2O3/c1-11(2)10-20-6-4-5-16-8-14-13(9-18)7-17-12(3)15(14)19/h7,11,16,18-19H,4-6,8-10H2,1-3H3. The van der Waals surface area contributed by atoms with Crippen LogP contribution >= 0.6 is 0 Å². The fourth-order valence-corrected chi connectivity index (χ4v) is 1.85. The maximum atomic E-state index is 9.97. The summed E-state index contributed by atoms with van der Waals surface area (Å²) < 4.78 is 5.50. The predicted octanol–water partition coefficient (Wildman–Crippen LogP) is 1.74. The Morgan fingerprint density at radius 3 is 2.80 bits per heavy atom. The van der Waals surface area contributed by atoms with Crippen molar-refractivity contribution in [3.63, 3.8) is 0 Å². The summed E-state index contributed by atoms with van der Waals surface area (Å²) in [6.45, 7) is 8.75. The lowest BCUT2D eigenvalue weighted by Crippen LogP contribution is -2.18. The molecule has 0 aliphatic heterocycles. The van der Waals surface area contributed by atoms with Crippen LogP contribution in [0, 0.1) is 12.8 Å². The molecule has 0 amide bonds. The van der Waals surface area contributed by atoms with Crippen LogP contribution in [0.5, 0.6) is 5.75 Å². The first-order valence-electron chi connectivity index (χ1n) is 7.11. The third-order valence-corrected chi connectivity index (χ3v) is 3.00. The van der Waals surface area contributed by atoms with Gasteiger partial charge in [-0.1, -0.05) is 13.8 Å². The van der Waals surface area contributed by atoms with Gasteiger partial charge in [0, 0.05) is 37.1 Å². The molecule has 5 heteroatoms. The summed E-state index contributed by atoms with van der Waals surface area (Å²) in [5.74, 6) is 0.729. The molecule has 1 aromatic rings. The molecule has 0 saturated heterocycles. The minimum absolute atomic E-state index is 0.116. The summed E-state index contributed by atoms with van der Waals surface area (Å²) >= 11 is 0. The number of nitrogens with one attached hydrogen (secondary N) is 1. The van der Waals surface area contributed by atoms with Crippen molar-refractivity contribution in [3.8, 4) is 5.75 Å². The van der Waals surface area contributed by atoms with Gasteiger partial charge in [0.2, 0.25) is 0 Å². The van der Waals surface area contributed by atoms with Crippen LogP contribution in [-0.4, -0.2) is 35.0 Å². The second kappa shape index (κ2) is 8.89. The number of hydrogen-bond donors (Lipinski definition) is 3. The third-order valence-electron chi connectivity index (χ3n) is 3.00. The molecule has 3 N–H and O–H groups in total. The zero-order chi connectivity index (χ0) is 15.0. The lowest BCUT2D eigenvalue weighted by atomic mass is 10.1. The van der Waals surface area contributed by atoms with E-state index in [1.165, 1.54) is 0 Å². The normalized spacial score (nSPS) is 11.2. The Kier molecular flexibility index (Phi) is 7.51. The van der Waals surface area contributed by atoms with E-state index in [0.717, 1.165) is 31.7 Å². The Morgan fingerprint density at radius 1 is 1.40 bits per heavy atom. The quantitative estimate of drug-likeness (QED) is 0.602. The lowest BCUT2D eigenvalue weighted by molar-refractivity contribution is 0.108. The number of aliphatic hydroxyl groups excluding tert-OH is 1. The Hall–Kier alpha value is -1.17. The van der Waals surface area contributed by atoms with Gasteiger partial charge in [-0.15, -0.1) is 0 Å². The van der Waals surface area contributed by atoms with Crippen LogP contribution in [0.25, 0.3) is 0 Å². The number of pyridine rings is 1. The minimum atomic E-state index is -0.116. The Morgan fingerprint density at radius 2 is 2.15 bits per heavy atom. The fraction of sp³-hybridized carbons (Fsp3) is 0.667. The van der Waals surface area contributed by atoms with Gasteiger partial charge in [0.05, 0.1) is 12.3 Å². The Labute approximate surface area is 121 Å². The summed E-state index contributed by atoms with van der Waals surface area (Å²) in [5, 5.41) is 22.5. The summed E-state index contributed by atoms with van der Waals surface area (Å²) in [7, 11) is 0. The molecule has 114 valence electrons. The van der Waals surface area contributed by atoms with E-state index in [2.05, 4.69) is 24.1 Å². The van der Waals surface area contributed by atoms with Gasteiger partial charge in [-0.3, -0.25) is 4.98 Å². The monoisotopic (exact) mass is 282 g/mol. The average molecular weight is 282 g/mol. The van der Waals surface area contributed by atoms with Crippen molar-refractivity contribution in [1.29, 1.82) is 0 Å². The molecule has 0 aromatic carbocycles. The second-order valence-corrected chi connectivity index (χ2v) is 5.35. The zero-order valence-corrected chi connectivity index (χ0v) is 12.6. The number of aromatic hydroxyl groups is 1. The largest absolute Gasteiger partial charge is 0.506 e. The number of aliphatic hydroxyl groups is 1. The first-order valence-corrected chi connectivity index (χ1v) is 7.11. The van der Waals surface area contributed by atoms with Gasteiger partial charge in [-0.25, -0.2) is 0 Å². The molecule has 0 bridgehead atoms. The molecule has 0 atom stereocenters. The van der Waals surface area contributed by atoms with E-state index in [-0.39, 0.29) is 12.4 Å². The van der Waals surface area contributed by atoms with Crippen molar-refractivity contribution in [2.24, 2.45) is 5.92 Å². The van der Waals surface area contributed by atoms with Gasteiger partial charge in [-0.2, -0.15) is 0 Å². The number of aromatic nitrogens is 1. The van der Waals surface area contributed by atoms with Crippen LogP contribution in [0.1, 0.15) is 37.1 Å². The van der Waals surface area contributed by atoms with Crippen molar-refractivity contribution < 1.29 is 14.9 Å². The topological polar surface area (TPSA) is 74.6 Å². The number of hydrogen-bond acceptors (Lipinski definition) is 5. The molecule has 1 rings (SSSR count). The van der Waals surface area contributed by atoms with Crippen molar-refractivity contribution in [1.82, 2.24) is 10.3 Å². The average Bonchev–Trinajstić information content (AvgIpc) is 2.42. The van der Waals surface area contributed by atoms with Crippen molar-refractivity contribution in [2.75, 3.05) is 19.8 Å². The van der Waals surface area contributed by atoms with Crippen molar-refractivity contribution in [3.05, 3.63) is 23.0 Å². The van der Waals surface area contributed by atoms with Crippen LogP contribution in [0.3, 0.4) is 0 Å². The molecule has 1 heterocycles. The summed E-state index contributed by atoms with van der Waals surface area (Å²) in [6.07, 6.45) is 2.53. The highest BCUT2D eigenvalue weighted by Gasteiger charge is 2.10. The number of ether oxygens (including phenoxy) is 1. The molecule has 0 saturated carbocycles. The first kappa shape index (κ1) is 16.9. The SMILES string of the molecule is Cc1ncc(CO)c(CNCCCOCC(C)C)c1O. The molecule has 0 spiro atoms. The van der Waals surface area contributed by atoms with E-state index in [9.17, 15) is 10.2 Å². The highest BCUT2D eigenvalue weighted by Crippen LogP contribution is 2.23. The van der Waals surface area contributed by atoms with Gasteiger partial charge in [0.15, 0.2) is 0 Å². The highest BCUT2D eigenvalue weighted by molar-refractivity contribution is 5.40. The van der Waals surface area contributed by atoms with Crippen LogP contribution in [-0.2, 0) is 17.9 Å². The van der Waals surface area contributed by atoms with Gasteiger partial charge in [0.1, 0.15) is 5.75 Å². The van der Waals surface area contributed by atoms with Crippen molar-refractivity contribution in [2.45, 2.75) is 40.3 Å². The van der Waals surface area contributed by atoms with E-state index in [1.54, 1.807) is 13.1 Å². The molecule has 5 nitrogen and oxygen atoms in total. The third kappa shape index (κ3) is 5.45. The van der Waals surface area contributed by atoms with E-state index in [0.29, 0.717) is 23.7 Å². The number of aryl methyl sites for hydroxylation is 1. The van der Waals surface area contributed by atoms with E-state index in [1.807, 2.05) is 0 Å². The van der Waals surface area contributed by atoms with Gasteiger partial charge in [-0.05, 0) is 25.8 Å². The molecular formula is C15H26N2O3. The maximum absolute atomic E-state index is 9.97. The van der Waals surface area contributed by atoms with Crippen molar-refractivity contribution >= 4 is 0 Å². The summed E-state index contributed by atoms with van der Waals surface area (Å²) in [5.41, 5.74) is 1.97. The molecule has 0 radical (unpaired) electrons. The van der Waals surface area contributed by atoms with Crippen LogP contribution in [0.2, 0.25) is 0 Å². The summed E-state index contributed by atoms with van der Waals surface area (Å²) in [6, 6.07) is 0. The van der Waals surface area contributed by atoms with Gasteiger partial charge >= 0.3 is 0 Å². The zero-order valence-electron chi connectivity index (χ0n) is 12.6. The Balaban J connectivity index is 2.33. The molecule has 0 fully saturated rings. The molecule has 0 unspecified atom stereocenters.